The van der Waals surface area contributed by atoms with Crippen LogP contribution in [0, 0.1) is 6.92 Å². The molecule has 1 aromatic carbocycles. The Bertz CT molecular complexity index is 946. The molecule has 6 nitrogen and oxygen atoms in total. The first-order chi connectivity index (χ1) is 12.1. The van der Waals surface area contributed by atoms with Crippen molar-refractivity contribution in [2.75, 3.05) is 0 Å². The van der Waals surface area contributed by atoms with Crippen molar-refractivity contribution in [2.24, 2.45) is 7.05 Å². The van der Waals surface area contributed by atoms with Crippen LogP contribution < -0.4 is 5.32 Å². The lowest BCUT2D eigenvalue weighted by Crippen LogP contribution is -2.28. The third-order valence-corrected chi connectivity index (χ3v) is 4.65. The van der Waals surface area contributed by atoms with E-state index in [1.54, 1.807) is 30.2 Å². The van der Waals surface area contributed by atoms with Gasteiger partial charge in [0.05, 0.1) is 11.7 Å². The lowest BCUT2D eigenvalue weighted by Gasteiger charge is -2.14. The highest BCUT2D eigenvalue weighted by molar-refractivity contribution is 5.92. The number of aryl methyl sites for hydroxylation is 3. The van der Waals surface area contributed by atoms with E-state index < -0.39 is 0 Å². The second-order valence-electron chi connectivity index (χ2n) is 6.31. The van der Waals surface area contributed by atoms with Gasteiger partial charge in [0.25, 0.3) is 5.91 Å². The van der Waals surface area contributed by atoms with Gasteiger partial charge in [-0.2, -0.15) is 5.10 Å². The summed E-state index contributed by atoms with van der Waals surface area (Å²) in [7, 11) is 1.77. The number of benzene rings is 1. The van der Waals surface area contributed by atoms with Crippen molar-refractivity contribution < 1.29 is 4.79 Å². The summed E-state index contributed by atoms with van der Waals surface area (Å²) in [6, 6.07) is 10.0. The molecule has 1 N–H and O–H groups in total. The van der Waals surface area contributed by atoms with Gasteiger partial charge in [0.2, 0.25) is 0 Å². The minimum atomic E-state index is -0.0895. The van der Waals surface area contributed by atoms with Crippen LogP contribution in [0.15, 0.2) is 42.7 Å². The van der Waals surface area contributed by atoms with Gasteiger partial charge in [-0.1, -0.05) is 12.1 Å². The van der Waals surface area contributed by atoms with Crippen LogP contribution in [0.4, 0.5) is 0 Å². The molecule has 3 aromatic rings. The highest BCUT2D eigenvalue weighted by Crippen LogP contribution is 2.34. The molecule has 1 aliphatic carbocycles. The second-order valence-corrected chi connectivity index (χ2v) is 6.31. The molecular weight excluding hydrogens is 314 g/mol. The summed E-state index contributed by atoms with van der Waals surface area (Å²) in [6.07, 6.45) is 5.27. The quantitative estimate of drug-likeness (QED) is 0.800. The van der Waals surface area contributed by atoms with Gasteiger partial charge < -0.3 is 5.32 Å². The van der Waals surface area contributed by atoms with E-state index >= 15 is 0 Å². The maximum absolute atomic E-state index is 12.4. The molecule has 0 spiro atoms. The number of aromatic nitrogens is 4. The molecule has 0 bridgehead atoms. The Morgan fingerprint density at radius 3 is 2.88 bits per heavy atom. The van der Waals surface area contributed by atoms with Crippen LogP contribution in [-0.2, 0) is 13.5 Å². The molecule has 0 saturated carbocycles. The lowest BCUT2D eigenvalue weighted by molar-refractivity contribution is 0.0927. The van der Waals surface area contributed by atoms with E-state index in [1.807, 2.05) is 13.0 Å². The Morgan fingerprint density at radius 1 is 1.24 bits per heavy atom. The summed E-state index contributed by atoms with van der Waals surface area (Å²) < 4.78 is 1.59. The van der Waals surface area contributed by atoms with Crippen LogP contribution in [0.25, 0.3) is 11.3 Å². The van der Waals surface area contributed by atoms with Gasteiger partial charge in [-0.05, 0) is 49.1 Å². The third kappa shape index (κ3) is 2.91. The van der Waals surface area contributed by atoms with Crippen molar-refractivity contribution in [1.29, 1.82) is 0 Å². The van der Waals surface area contributed by atoms with Gasteiger partial charge >= 0.3 is 0 Å². The van der Waals surface area contributed by atoms with Crippen molar-refractivity contribution in [3.05, 3.63) is 65.4 Å². The molecule has 2 heterocycles. The van der Waals surface area contributed by atoms with Crippen LogP contribution in [0.2, 0.25) is 0 Å². The molecule has 6 heteroatoms. The Labute approximate surface area is 145 Å². The molecule has 4 rings (SSSR count). The molecule has 0 saturated heterocycles. The van der Waals surface area contributed by atoms with E-state index in [1.165, 1.54) is 11.1 Å². The van der Waals surface area contributed by atoms with Gasteiger partial charge in [0.15, 0.2) is 0 Å². The maximum Gasteiger partial charge on any atom is 0.270 e. The van der Waals surface area contributed by atoms with Crippen molar-refractivity contribution in [3.8, 4) is 11.3 Å². The number of hydrogen-bond donors (Lipinski definition) is 1. The Hall–Kier alpha value is -3.02. The smallest absolute Gasteiger partial charge is 0.270 e. The van der Waals surface area contributed by atoms with Crippen molar-refractivity contribution in [3.63, 3.8) is 0 Å². The number of fused-ring (bicyclic) bond motifs is 1. The van der Waals surface area contributed by atoms with E-state index in [-0.39, 0.29) is 11.9 Å². The summed E-state index contributed by atoms with van der Waals surface area (Å²) in [5, 5.41) is 7.17. The van der Waals surface area contributed by atoms with Gasteiger partial charge in [0, 0.05) is 25.0 Å². The normalized spacial score (nSPS) is 15.8. The lowest BCUT2D eigenvalue weighted by atomic mass is 10.0. The molecule has 1 amide bonds. The van der Waals surface area contributed by atoms with Crippen LogP contribution in [0.5, 0.6) is 0 Å². The molecule has 25 heavy (non-hydrogen) atoms. The minimum Gasteiger partial charge on any atom is -0.344 e. The first-order valence-electron chi connectivity index (χ1n) is 8.33. The Kier molecular flexibility index (Phi) is 3.80. The van der Waals surface area contributed by atoms with Crippen molar-refractivity contribution in [2.45, 2.75) is 25.8 Å². The van der Waals surface area contributed by atoms with Gasteiger partial charge in [0.1, 0.15) is 11.5 Å². The molecule has 1 unspecified atom stereocenters. The van der Waals surface area contributed by atoms with E-state index in [4.69, 9.17) is 0 Å². The summed E-state index contributed by atoms with van der Waals surface area (Å²) in [4.78, 5) is 21.1. The molecule has 1 atom stereocenters. The van der Waals surface area contributed by atoms with E-state index in [2.05, 4.69) is 38.6 Å². The van der Waals surface area contributed by atoms with E-state index in [0.717, 1.165) is 29.9 Å². The highest BCUT2D eigenvalue weighted by atomic mass is 16.2. The number of nitrogens with one attached hydrogen (secondary N) is 1. The fourth-order valence-electron chi connectivity index (χ4n) is 3.37. The fraction of sp³-hybridized carbons (Fsp3) is 0.263. The number of rotatable bonds is 3. The summed E-state index contributed by atoms with van der Waals surface area (Å²) in [5.41, 5.74) is 5.04. The average Bonchev–Trinajstić information content (AvgIpc) is 3.21. The summed E-state index contributed by atoms with van der Waals surface area (Å²) >= 11 is 0. The first kappa shape index (κ1) is 15.5. The first-order valence-corrected chi connectivity index (χ1v) is 8.33. The zero-order valence-corrected chi connectivity index (χ0v) is 14.2. The van der Waals surface area contributed by atoms with Crippen molar-refractivity contribution in [1.82, 2.24) is 25.1 Å². The standard InChI is InChI=1S/C19H19N5O/c1-12-20-9-7-16(22-12)14-3-5-15-13(11-14)4-6-17(15)23-19(25)18-8-10-21-24(18)2/h3,5,7-11,17H,4,6H2,1-2H3,(H,23,25). The number of hydrogen-bond acceptors (Lipinski definition) is 4. The average molecular weight is 333 g/mol. The number of amides is 1. The Morgan fingerprint density at radius 2 is 2.12 bits per heavy atom. The second kappa shape index (κ2) is 6.12. The largest absolute Gasteiger partial charge is 0.344 e. The summed E-state index contributed by atoms with van der Waals surface area (Å²) in [6.45, 7) is 1.89. The van der Waals surface area contributed by atoms with Gasteiger partial charge in [-0.15, -0.1) is 0 Å². The summed E-state index contributed by atoms with van der Waals surface area (Å²) in [5.74, 6) is 0.674. The van der Waals surface area contributed by atoms with Crippen LogP contribution in [0.1, 0.15) is 39.9 Å². The maximum atomic E-state index is 12.4. The van der Waals surface area contributed by atoms with Crippen LogP contribution in [0.3, 0.4) is 0 Å². The number of carbonyl (C=O) groups excluding carboxylic acids is 1. The number of carbonyl (C=O) groups is 1. The molecule has 0 radical (unpaired) electrons. The third-order valence-electron chi connectivity index (χ3n) is 4.65. The molecule has 126 valence electrons. The Balaban J connectivity index is 1.57. The molecule has 1 aliphatic rings. The molecular formula is C19H19N5O. The SMILES string of the molecule is Cc1nccc(-c2ccc3c(c2)CCC3NC(=O)c2ccnn2C)n1. The molecule has 2 aromatic heterocycles. The predicted octanol–water partition coefficient (Wildman–Crippen LogP) is 2.60. The fourth-order valence-corrected chi connectivity index (χ4v) is 3.37. The van der Waals surface area contributed by atoms with E-state index in [0.29, 0.717) is 5.69 Å². The van der Waals surface area contributed by atoms with Gasteiger partial charge in [-0.25, -0.2) is 9.97 Å². The zero-order valence-electron chi connectivity index (χ0n) is 14.2. The highest BCUT2D eigenvalue weighted by Gasteiger charge is 2.25. The number of nitrogens with zero attached hydrogens (tertiary/aromatic N) is 4. The molecule has 0 fully saturated rings. The van der Waals surface area contributed by atoms with Crippen LogP contribution >= 0.6 is 0 Å². The van der Waals surface area contributed by atoms with Crippen molar-refractivity contribution >= 4 is 5.91 Å². The van der Waals surface area contributed by atoms with Gasteiger partial charge in [-0.3, -0.25) is 9.48 Å². The minimum absolute atomic E-state index is 0.0404. The zero-order chi connectivity index (χ0) is 17.4. The van der Waals surface area contributed by atoms with Crippen LogP contribution in [-0.4, -0.2) is 25.7 Å². The topological polar surface area (TPSA) is 72.7 Å². The van der Waals surface area contributed by atoms with E-state index in [9.17, 15) is 4.79 Å². The predicted molar refractivity (Wildman–Crippen MR) is 93.9 cm³/mol. The molecule has 0 aliphatic heterocycles. The monoisotopic (exact) mass is 333 g/mol.